The number of nitrogens with zero attached hydrogens (tertiary/aromatic N) is 4. The first-order chi connectivity index (χ1) is 7.05. The molecule has 0 aliphatic carbocycles. The van der Waals surface area contributed by atoms with Crippen LogP contribution in [0, 0.1) is 0 Å². The van der Waals surface area contributed by atoms with Crippen molar-refractivity contribution in [2.45, 2.75) is 12.6 Å². The quantitative estimate of drug-likeness (QED) is 0.435. The zero-order valence-corrected chi connectivity index (χ0v) is 7.57. The monoisotopic (exact) mass is 216 g/mol. The molecule has 0 atom stereocenters. The summed E-state index contributed by atoms with van der Waals surface area (Å²) < 4.78 is 37.2. The molecule has 0 spiro atoms. The molecular weight excluding hydrogens is 209 g/mol. The van der Waals surface area contributed by atoms with E-state index >= 15 is 0 Å². The highest BCUT2D eigenvalue weighted by molar-refractivity contribution is 5.26. The summed E-state index contributed by atoms with van der Waals surface area (Å²) in [7, 11) is 0. The topological polar surface area (TPSA) is 61.7 Å². The van der Waals surface area contributed by atoms with Gasteiger partial charge in [-0.05, 0) is 23.6 Å². The largest absolute Gasteiger partial charge is 0.418 e. The van der Waals surface area contributed by atoms with Crippen molar-refractivity contribution in [1.82, 2.24) is 4.98 Å². The Labute approximate surface area is 83.4 Å². The Morgan fingerprint density at radius 2 is 2.20 bits per heavy atom. The van der Waals surface area contributed by atoms with E-state index in [1.165, 1.54) is 12.3 Å². The Hall–Kier alpha value is -1.75. The smallest absolute Gasteiger partial charge is 0.264 e. The molecule has 4 nitrogen and oxygen atoms in total. The summed E-state index contributed by atoms with van der Waals surface area (Å²) in [6.45, 7) is 0.00356. The third kappa shape index (κ3) is 3.14. The van der Waals surface area contributed by atoms with E-state index in [1.54, 1.807) is 0 Å². The van der Waals surface area contributed by atoms with Crippen LogP contribution in [-0.2, 0) is 12.6 Å². The molecule has 0 saturated heterocycles. The summed E-state index contributed by atoms with van der Waals surface area (Å²) in [4.78, 5) is 5.89. The van der Waals surface area contributed by atoms with Crippen LogP contribution in [0.4, 0.5) is 13.2 Å². The predicted molar refractivity (Wildman–Crippen MR) is 47.0 cm³/mol. The molecule has 0 amide bonds. The molecule has 0 aliphatic rings. The number of azide groups is 1. The third-order valence-electron chi connectivity index (χ3n) is 1.76. The number of pyridine rings is 1. The Morgan fingerprint density at radius 3 is 2.80 bits per heavy atom. The minimum Gasteiger partial charge on any atom is -0.264 e. The van der Waals surface area contributed by atoms with Crippen molar-refractivity contribution in [3.8, 4) is 0 Å². The molecule has 0 fully saturated rings. The minimum atomic E-state index is -4.42. The van der Waals surface area contributed by atoms with Gasteiger partial charge in [0, 0.05) is 23.9 Å². The van der Waals surface area contributed by atoms with Gasteiger partial charge in [-0.1, -0.05) is 5.11 Å². The second-order valence-electron chi connectivity index (χ2n) is 2.74. The summed E-state index contributed by atoms with van der Waals surface area (Å²) in [5, 5.41) is 3.18. The lowest BCUT2D eigenvalue weighted by Crippen LogP contribution is -2.10. The van der Waals surface area contributed by atoms with Crippen LogP contribution in [0.15, 0.2) is 23.6 Å². The van der Waals surface area contributed by atoms with E-state index in [0.717, 1.165) is 6.20 Å². The first-order valence-corrected chi connectivity index (χ1v) is 4.06. The van der Waals surface area contributed by atoms with Gasteiger partial charge < -0.3 is 0 Å². The molecule has 7 heteroatoms. The molecule has 0 unspecified atom stereocenters. The Balaban J connectivity index is 2.91. The maximum Gasteiger partial charge on any atom is 0.418 e. The van der Waals surface area contributed by atoms with Gasteiger partial charge in [-0.2, -0.15) is 13.2 Å². The van der Waals surface area contributed by atoms with Gasteiger partial charge in [0.05, 0.1) is 5.56 Å². The number of rotatable bonds is 3. The Morgan fingerprint density at radius 1 is 1.47 bits per heavy atom. The van der Waals surface area contributed by atoms with Gasteiger partial charge in [0.15, 0.2) is 0 Å². The van der Waals surface area contributed by atoms with Crippen molar-refractivity contribution in [2.24, 2.45) is 5.11 Å². The molecule has 0 aliphatic heterocycles. The lowest BCUT2D eigenvalue weighted by atomic mass is 10.1. The average molecular weight is 216 g/mol. The first-order valence-electron chi connectivity index (χ1n) is 4.06. The van der Waals surface area contributed by atoms with Gasteiger partial charge in [-0.3, -0.25) is 4.98 Å². The number of hydrogen-bond donors (Lipinski definition) is 0. The number of aromatic nitrogens is 1. The number of alkyl halides is 3. The zero-order valence-electron chi connectivity index (χ0n) is 7.57. The lowest BCUT2D eigenvalue weighted by molar-refractivity contribution is -0.138. The fourth-order valence-corrected chi connectivity index (χ4v) is 1.11. The maximum atomic E-state index is 12.4. The van der Waals surface area contributed by atoms with Crippen molar-refractivity contribution < 1.29 is 13.2 Å². The van der Waals surface area contributed by atoms with Crippen LogP contribution in [-0.4, -0.2) is 11.5 Å². The van der Waals surface area contributed by atoms with Crippen LogP contribution in [0.1, 0.15) is 11.1 Å². The highest BCUT2D eigenvalue weighted by Gasteiger charge is 2.33. The van der Waals surface area contributed by atoms with Crippen molar-refractivity contribution in [1.29, 1.82) is 0 Å². The summed E-state index contributed by atoms with van der Waals surface area (Å²) in [6, 6.07) is 1.27. The van der Waals surface area contributed by atoms with E-state index in [9.17, 15) is 13.2 Å². The van der Waals surface area contributed by atoms with Crippen LogP contribution in [0.3, 0.4) is 0 Å². The van der Waals surface area contributed by atoms with Crippen LogP contribution < -0.4 is 0 Å². The van der Waals surface area contributed by atoms with Crippen LogP contribution in [0.2, 0.25) is 0 Å². The maximum absolute atomic E-state index is 12.4. The Bertz CT molecular complexity index is 382. The van der Waals surface area contributed by atoms with E-state index in [0.29, 0.717) is 0 Å². The van der Waals surface area contributed by atoms with Crippen LogP contribution in [0.5, 0.6) is 0 Å². The standard InChI is InChI=1S/C8H7F3N4/c9-8(10,11)7-5-13-3-1-6(7)2-4-14-15-12/h1,3,5H,2,4H2. The van der Waals surface area contributed by atoms with E-state index in [-0.39, 0.29) is 18.5 Å². The molecule has 0 radical (unpaired) electrons. The second-order valence-corrected chi connectivity index (χ2v) is 2.74. The highest BCUT2D eigenvalue weighted by Crippen LogP contribution is 2.31. The van der Waals surface area contributed by atoms with E-state index in [4.69, 9.17) is 5.53 Å². The summed E-state index contributed by atoms with van der Waals surface area (Å²) >= 11 is 0. The molecule has 80 valence electrons. The Kier molecular flexibility index (Phi) is 3.51. The van der Waals surface area contributed by atoms with Crippen molar-refractivity contribution in [3.05, 3.63) is 40.0 Å². The normalized spacial score (nSPS) is 10.9. The number of halogens is 3. The third-order valence-corrected chi connectivity index (χ3v) is 1.76. The van der Waals surface area contributed by atoms with Crippen LogP contribution in [0.25, 0.3) is 10.4 Å². The molecule has 1 heterocycles. The minimum absolute atomic E-state index is 0.00356. The van der Waals surface area contributed by atoms with Gasteiger partial charge in [0.25, 0.3) is 0 Å². The van der Waals surface area contributed by atoms with Crippen LogP contribution >= 0.6 is 0 Å². The fourth-order valence-electron chi connectivity index (χ4n) is 1.11. The first kappa shape index (κ1) is 11.3. The van der Waals surface area contributed by atoms with Gasteiger partial charge >= 0.3 is 6.18 Å². The molecule has 1 aromatic heterocycles. The molecule has 1 aromatic rings. The molecule has 0 bridgehead atoms. The number of hydrogen-bond acceptors (Lipinski definition) is 2. The zero-order chi connectivity index (χ0) is 11.3. The molecule has 1 rings (SSSR count). The van der Waals surface area contributed by atoms with E-state index in [1.807, 2.05) is 0 Å². The second kappa shape index (κ2) is 4.65. The van der Waals surface area contributed by atoms with Gasteiger partial charge in [0.1, 0.15) is 0 Å². The molecule has 15 heavy (non-hydrogen) atoms. The van der Waals surface area contributed by atoms with Crippen molar-refractivity contribution in [2.75, 3.05) is 6.54 Å². The molecule has 0 saturated carbocycles. The van der Waals surface area contributed by atoms with E-state index in [2.05, 4.69) is 15.0 Å². The average Bonchev–Trinajstić information content (AvgIpc) is 2.17. The molecule has 0 N–H and O–H groups in total. The van der Waals surface area contributed by atoms with Gasteiger partial charge in [-0.25, -0.2) is 0 Å². The van der Waals surface area contributed by atoms with Gasteiger partial charge in [-0.15, -0.1) is 0 Å². The molecule has 0 aromatic carbocycles. The lowest BCUT2D eigenvalue weighted by Gasteiger charge is -2.10. The van der Waals surface area contributed by atoms with Crippen molar-refractivity contribution >= 4 is 0 Å². The predicted octanol–water partition coefficient (Wildman–Crippen LogP) is 2.95. The fraction of sp³-hybridized carbons (Fsp3) is 0.375. The summed E-state index contributed by atoms with van der Waals surface area (Å²) in [6.07, 6.45) is -2.31. The molecular formula is C8H7F3N4. The summed E-state index contributed by atoms with van der Waals surface area (Å²) in [5.74, 6) is 0. The van der Waals surface area contributed by atoms with E-state index < -0.39 is 11.7 Å². The SMILES string of the molecule is [N-]=[N+]=NCCc1ccncc1C(F)(F)F. The van der Waals surface area contributed by atoms with Crippen molar-refractivity contribution in [3.63, 3.8) is 0 Å². The van der Waals surface area contributed by atoms with Gasteiger partial charge in [0.2, 0.25) is 0 Å². The summed E-state index contributed by atoms with van der Waals surface area (Å²) in [5.41, 5.74) is 7.31. The highest BCUT2D eigenvalue weighted by atomic mass is 19.4.